The summed E-state index contributed by atoms with van der Waals surface area (Å²) in [4.78, 5) is 17.5. The average Bonchev–Trinajstić information content (AvgIpc) is 3.20. The molecule has 1 saturated carbocycles. The van der Waals surface area contributed by atoms with Gasteiger partial charge in [0.1, 0.15) is 42.6 Å². The number of carbonyl (C=O) groups is 1. The molecule has 2 fully saturated rings. The summed E-state index contributed by atoms with van der Waals surface area (Å²) >= 11 is 0. The lowest BCUT2D eigenvalue weighted by Gasteiger charge is -2.43. The molecule has 1 saturated heterocycles. The van der Waals surface area contributed by atoms with E-state index < -0.39 is 73.4 Å². The normalized spacial score (nSPS) is 44.1. The monoisotopic (exact) mass is 419 g/mol. The molecule has 10 atom stereocenters. The summed E-state index contributed by atoms with van der Waals surface area (Å²) in [6.45, 7) is 0.266. The molecule has 12 nitrogen and oxygen atoms in total. The molecule has 1 aliphatic carbocycles. The molecule has 6 N–H and O–H groups in total. The summed E-state index contributed by atoms with van der Waals surface area (Å²) < 4.78 is 17.2. The second-order valence-electron chi connectivity index (χ2n) is 7.75. The van der Waals surface area contributed by atoms with Gasteiger partial charge in [-0.15, -0.1) is 0 Å². The van der Waals surface area contributed by atoms with Gasteiger partial charge in [0, 0.05) is 21.0 Å². The van der Waals surface area contributed by atoms with Crippen LogP contribution in [0.4, 0.5) is 0 Å². The predicted molar refractivity (Wildman–Crippen MR) is 96.6 cm³/mol. The number of aliphatic hydroxyl groups is 5. The van der Waals surface area contributed by atoms with Gasteiger partial charge in [0.05, 0.1) is 25.2 Å². The van der Waals surface area contributed by atoms with E-state index in [0.29, 0.717) is 6.02 Å². The van der Waals surface area contributed by atoms with Gasteiger partial charge in [0.2, 0.25) is 5.91 Å². The first kappa shape index (κ1) is 22.2. The Bertz CT molecular complexity index is 633. The van der Waals surface area contributed by atoms with Crippen molar-refractivity contribution < 1.29 is 44.5 Å². The second-order valence-corrected chi connectivity index (χ2v) is 7.75. The fourth-order valence-electron chi connectivity index (χ4n) is 4.02. The lowest BCUT2D eigenvalue weighted by atomic mass is 9.96. The summed E-state index contributed by atoms with van der Waals surface area (Å²) in [5.74, 6) is -1.15. The third-order valence-electron chi connectivity index (χ3n) is 5.50. The van der Waals surface area contributed by atoms with Gasteiger partial charge < -0.3 is 50.0 Å². The molecule has 2 heterocycles. The van der Waals surface area contributed by atoms with Crippen LogP contribution in [0.5, 0.6) is 0 Å². The highest BCUT2D eigenvalue weighted by molar-refractivity contribution is 5.75. The van der Waals surface area contributed by atoms with Crippen molar-refractivity contribution in [3.05, 3.63) is 0 Å². The van der Waals surface area contributed by atoms with Crippen LogP contribution in [0.15, 0.2) is 4.99 Å². The summed E-state index contributed by atoms with van der Waals surface area (Å²) in [6.07, 6.45) is -8.12. The van der Waals surface area contributed by atoms with Gasteiger partial charge in [0.25, 0.3) is 6.02 Å². The molecule has 12 heteroatoms. The number of hydrogen-bond acceptors (Lipinski definition) is 11. The third kappa shape index (κ3) is 4.06. The Morgan fingerprint density at radius 2 is 1.86 bits per heavy atom. The number of amides is 1. The standard InChI is InChI=1S/C17H29N3O9/c1-6(23)18-10-12(25)11(24)8(5-22)27-16(10)28-15-7(4-21)14-9(13(15)26)19-17(29-14)20(2)3/h7-16,21-22,24-26H,4-5H2,1-3H3,(H,18,23)/t7-,8+,9+,10+,11+,12+,13+,14-,15+,16-/m0/s1. The average molecular weight is 419 g/mol. The first-order valence-corrected chi connectivity index (χ1v) is 9.45. The molecule has 3 aliphatic rings. The molecule has 0 unspecified atom stereocenters. The molecule has 0 aromatic rings. The van der Waals surface area contributed by atoms with Crippen molar-refractivity contribution in [2.24, 2.45) is 10.9 Å². The van der Waals surface area contributed by atoms with E-state index in [1.165, 1.54) is 6.92 Å². The van der Waals surface area contributed by atoms with E-state index in [-0.39, 0.29) is 6.61 Å². The maximum absolute atomic E-state index is 11.5. The van der Waals surface area contributed by atoms with Crippen LogP contribution < -0.4 is 5.32 Å². The molecule has 0 radical (unpaired) electrons. The Hall–Kier alpha value is -1.54. The summed E-state index contributed by atoms with van der Waals surface area (Å²) in [7, 11) is 3.48. The Balaban J connectivity index is 1.81. The van der Waals surface area contributed by atoms with E-state index in [2.05, 4.69) is 10.3 Å². The Kier molecular flexibility index (Phi) is 6.63. The Labute approximate surface area is 167 Å². The van der Waals surface area contributed by atoms with Gasteiger partial charge in [-0.05, 0) is 0 Å². The minimum absolute atomic E-state index is 0.333. The van der Waals surface area contributed by atoms with Crippen LogP contribution in [0.3, 0.4) is 0 Å². The first-order valence-electron chi connectivity index (χ1n) is 9.45. The first-order chi connectivity index (χ1) is 13.7. The minimum Gasteiger partial charge on any atom is -0.459 e. The lowest BCUT2D eigenvalue weighted by molar-refractivity contribution is -0.292. The summed E-state index contributed by atoms with van der Waals surface area (Å²) in [6, 6.07) is -1.49. The number of fused-ring (bicyclic) bond motifs is 1. The second kappa shape index (κ2) is 8.68. The van der Waals surface area contributed by atoms with Crippen molar-refractivity contribution in [1.29, 1.82) is 0 Å². The van der Waals surface area contributed by atoms with Crippen LogP contribution in [0.2, 0.25) is 0 Å². The SMILES string of the molecule is CC(=O)N[C@H]1[C@H](O[C@H]2[C@H](O)[C@H]3N=C(N(C)C)O[C@H]3[C@@H]2CO)O[C@H](CO)[C@@H](O)[C@@H]1O. The largest absolute Gasteiger partial charge is 0.459 e. The number of carbonyl (C=O) groups excluding carboxylic acids is 1. The Morgan fingerprint density at radius 1 is 1.17 bits per heavy atom. The van der Waals surface area contributed by atoms with E-state index in [4.69, 9.17) is 14.2 Å². The van der Waals surface area contributed by atoms with Gasteiger partial charge in [-0.1, -0.05) is 0 Å². The number of ether oxygens (including phenoxy) is 3. The van der Waals surface area contributed by atoms with Crippen LogP contribution in [0.25, 0.3) is 0 Å². The van der Waals surface area contributed by atoms with Crippen molar-refractivity contribution in [1.82, 2.24) is 10.2 Å². The van der Waals surface area contributed by atoms with Crippen LogP contribution in [-0.2, 0) is 19.0 Å². The molecule has 2 aliphatic heterocycles. The smallest absolute Gasteiger partial charge is 0.287 e. The maximum atomic E-state index is 11.5. The number of nitrogens with zero attached hydrogens (tertiary/aromatic N) is 2. The minimum atomic E-state index is -1.48. The number of nitrogens with one attached hydrogen (secondary N) is 1. The zero-order valence-corrected chi connectivity index (χ0v) is 16.5. The fourth-order valence-corrected chi connectivity index (χ4v) is 4.02. The molecule has 0 aromatic heterocycles. The van der Waals surface area contributed by atoms with Crippen LogP contribution >= 0.6 is 0 Å². The highest BCUT2D eigenvalue weighted by Gasteiger charge is 2.57. The molecule has 3 rings (SSSR count). The van der Waals surface area contributed by atoms with Gasteiger partial charge in [-0.25, -0.2) is 4.99 Å². The molecule has 29 heavy (non-hydrogen) atoms. The number of rotatable bonds is 5. The highest BCUT2D eigenvalue weighted by atomic mass is 16.7. The molecular formula is C17H29N3O9. The van der Waals surface area contributed by atoms with Gasteiger partial charge in [-0.2, -0.15) is 0 Å². The van der Waals surface area contributed by atoms with Gasteiger partial charge in [0.15, 0.2) is 6.29 Å². The molecule has 166 valence electrons. The van der Waals surface area contributed by atoms with Crippen molar-refractivity contribution in [3.63, 3.8) is 0 Å². The molecule has 0 spiro atoms. The summed E-state index contributed by atoms with van der Waals surface area (Å²) in [5.41, 5.74) is 0. The number of aliphatic imine (C=N–C) groups is 1. The quantitative estimate of drug-likeness (QED) is 0.258. The van der Waals surface area contributed by atoms with Gasteiger partial charge in [-0.3, -0.25) is 4.79 Å². The zero-order chi connectivity index (χ0) is 21.5. The highest BCUT2D eigenvalue weighted by Crippen LogP contribution is 2.39. The van der Waals surface area contributed by atoms with E-state index >= 15 is 0 Å². The third-order valence-corrected chi connectivity index (χ3v) is 5.50. The van der Waals surface area contributed by atoms with Crippen molar-refractivity contribution in [2.45, 2.75) is 61.9 Å². The molecular weight excluding hydrogens is 390 g/mol. The van der Waals surface area contributed by atoms with E-state index in [0.717, 1.165) is 0 Å². The topological polar surface area (TPSA) is 174 Å². The molecule has 0 aromatic carbocycles. The van der Waals surface area contributed by atoms with Crippen molar-refractivity contribution in [3.8, 4) is 0 Å². The maximum Gasteiger partial charge on any atom is 0.287 e. The molecule has 0 bridgehead atoms. The predicted octanol–water partition coefficient (Wildman–Crippen LogP) is -4.02. The lowest BCUT2D eigenvalue weighted by Crippen LogP contribution is -2.65. The van der Waals surface area contributed by atoms with E-state index in [1.807, 2.05) is 0 Å². The Morgan fingerprint density at radius 3 is 2.41 bits per heavy atom. The van der Waals surface area contributed by atoms with E-state index in [9.17, 15) is 30.3 Å². The summed E-state index contributed by atoms with van der Waals surface area (Å²) in [5, 5.41) is 53.0. The number of aliphatic hydroxyl groups excluding tert-OH is 5. The fraction of sp³-hybridized carbons (Fsp3) is 0.882. The van der Waals surface area contributed by atoms with Crippen LogP contribution in [0.1, 0.15) is 6.92 Å². The van der Waals surface area contributed by atoms with E-state index in [1.54, 1.807) is 19.0 Å². The molecule has 1 amide bonds. The van der Waals surface area contributed by atoms with Crippen molar-refractivity contribution in [2.75, 3.05) is 27.3 Å². The van der Waals surface area contributed by atoms with Crippen molar-refractivity contribution >= 4 is 11.9 Å². The van der Waals surface area contributed by atoms with Crippen LogP contribution in [0, 0.1) is 5.92 Å². The number of amidine groups is 1. The number of hydrogen-bond donors (Lipinski definition) is 6. The van der Waals surface area contributed by atoms with Gasteiger partial charge >= 0.3 is 0 Å². The van der Waals surface area contributed by atoms with Crippen LogP contribution in [-0.4, -0.2) is 125 Å². The zero-order valence-electron chi connectivity index (χ0n) is 16.5.